The molecule has 1 aromatic heterocycles. The molecule has 0 aliphatic heterocycles. The summed E-state index contributed by atoms with van der Waals surface area (Å²) in [6.07, 6.45) is 3.81. The van der Waals surface area contributed by atoms with E-state index in [2.05, 4.69) is 15.0 Å². The number of carbonyl (C=O) groups excluding carboxylic acids is 1. The SMILES string of the molecule is COc1ccc(CCNS(=O)(=O)c2ccc(OCC(=O)NCc3cccnc3)cc2)cc1OC. The molecule has 2 aromatic carbocycles. The molecule has 0 atom stereocenters. The third-order valence-electron chi connectivity index (χ3n) is 4.87. The molecular weight excluding hydrogens is 458 g/mol. The first kappa shape index (κ1) is 25.0. The van der Waals surface area contributed by atoms with Gasteiger partial charge in [-0.2, -0.15) is 0 Å². The molecule has 0 aliphatic carbocycles. The Balaban J connectivity index is 1.46. The van der Waals surface area contributed by atoms with Crippen molar-refractivity contribution in [1.82, 2.24) is 15.0 Å². The molecule has 0 spiro atoms. The number of nitrogens with one attached hydrogen (secondary N) is 2. The van der Waals surface area contributed by atoms with E-state index in [-0.39, 0.29) is 24.0 Å². The van der Waals surface area contributed by atoms with Gasteiger partial charge in [-0.1, -0.05) is 12.1 Å². The van der Waals surface area contributed by atoms with Crippen LogP contribution in [-0.4, -0.2) is 46.7 Å². The normalized spacial score (nSPS) is 11.0. The van der Waals surface area contributed by atoms with Gasteiger partial charge in [0.25, 0.3) is 5.91 Å². The van der Waals surface area contributed by atoms with E-state index in [1.165, 1.54) is 24.3 Å². The van der Waals surface area contributed by atoms with Crippen molar-refractivity contribution >= 4 is 15.9 Å². The first-order valence-corrected chi connectivity index (χ1v) is 12.0. The van der Waals surface area contributed by atoms with Gasteiger partial charge in [0.05, 0.1) is 19.1 Å². The van der Waals surface area contributed by atoms with Crippen LogP contribution in [-0.2, 0) is 27.8 Å². The second kappa shape index (κ2) is 12.0. The largest absolute Gasteiger partial charge is 0.493 e. The quantitative estimate of drug-likeness (QED) is 0.404. The Morgan fingerprint density at radius 1 is 0.971 bits per heavy atom. The molecule has 34 heavy (non-hydrogen) atoms. The summed E-state index contributed by atoms with van der Waals surface area (Å²) < 4.78 is 43.7. The van der Waals surface area contributed by atoms with Crippen LogP contribution in [0.15, 0.2) is 71.9 Å². The first-order valence-electron chi connectivity index (χ1n) is 10.5. The maximum absolute atomic E-state index is 12.6. The van der Waals surface area contributed by atoms with Crippen LogP contribution in [0.1, 0.15) is 11.1 Å². The summed E-state index contributed by atoms with van der Waals surface area (Å²) in [5.41, 5.74) is 1.79. The van der Waals surface area contributed by atoms with Crippen LogP contribution < -0.4 is 24.2 Å². The number of aromatic nitrogens is 1. The molecule has 10 heteroatoms. The predicted molar refractivity (Wildman–Crippen MR) is 126 cm³/mol. The molecule has 0 aliphatic rings. The lowest BCUT2D eigenvalue weighted by Crippen LogP contribution is -2.28. The molecule has 9 nitrogen and oxygen atoms in total. The van der Waals surface area contributed by atoms with Gasteiger partial charge in [0.2, 0.25) is 10.0 Å². The zero-order valence-corrected chi connectivity index (χ0v) is 19.8. The van der Waals surface area contributed by atoms with Crippen molar-refractivity contribution in [3.8, 4) is 17.2 Å². The molecular formula is C24H27N3O6S. The number of amides is 1. The molecule has 1 heterocycles. The number of benzene rings is 2. The predicted octanol–water partition coefficient (Wildman–Crippen LogP) is 2.31. The Morgan fingerprint density at radius 2 is 1.74 bits per heavy atom. The second-order valence-corrected chi connectivity index (χ2v) is 9.00. The van der Waals surface area contributed by atoms with E-state index in [4.69, 9.17) is 14.2 Å². The number of nitrogens with zero attached hydrogens (tertiary/aromatic N) is 1. The standard InChI is InChI=1S/C24H27N3O6S/c1-31-22-10-5-18(14-23(22)32-2)11-13-27-34(29,30)21-8-6-20(7-9-21)33-17-24(28)26-16-19-4-3-12-25-15-19/h3-10,12,14-15,27H,11,13,16-17H2,1-2H3,(H,26,28). The van der Waals surface area contributed by atoms with E-state index in [1.54, 1.807) is 38.7 Å². The van der Waals surface area contributed by atoms with E-state index in [0.29, 0.717) is 30.2 Å². The van der Waals surface area contributed by atoms with Gasteiger partial charge in [-0.15, -0.1) is 0 Å². The zero-order chi connectivity index (χ0) is 24.4. The van der Waals surface area contributed by atoms with Crippen LogP contribution in [0.5, 0.6) is 17.2 Å². The number of sulfonamides is 1. The summed E-state index contributed by atoms with van der Waals surface area (Å²) in [5.74, 6) is 1.29. The Kier molecular flexibility index (Phi) is 8.83. The van der Waals surface area contributed by atoms with Gasteiger partial charge >= 0.3 is 0 Å². The minimum absolute atomic E-state index is 0.105. The highest BCUT2D eigenvalue weighted by atomic mass is 32.2. The lowest BCUT2D eigenvalue weighted by molar-refractivity contribution is -0.123. The van der Waals surface area contributed by atoms with Gasteiger partial charge in [0.1, 0.15) is 5.75 Å². The molecule has 0 saturated carbocycles. The van der Waals surface area contributed by atoms with Gasteiger partial charge in [-0.05, 0) is 60.0 Å². The maximum Gasteiger partial charge on any atom is 0.258 e. The summed E-state index contributed by atoms with van der Waals surface area (Å²) in [6.45, 7) is 0.380. The Bertz CT molecular complexity index is 1190. The van der Waals surface area contributed by atoms with Crippen LogP contribution in [0.4, 0.5) is 0 Å². The van der Waals surface area contributed by atoms with Crippen molar-refractivity contribution in [2.24, 2.45) is 0 Å². The molecule has 0 fully saturated rings. The molecule has 2 N–H and O–H groups in total. The molecule has 3 aromatic rings. The Labute approximate surface area is 199 Å². The van der Waals surface area contributed by atoms with Gasteiger partial charge in [0.15, 0.2) is 18.1 Å². The number of ether oxygens (including phenoxy) is 3. The van der Waals surface area contributed by atoms with Crippen molar-refractivity contribution in [3.05, 3.63) is 78.1 Å². The van der Waals surface area contributed by atoms with Crippen LogP contribution in [0, 0.1) is 0 Å². The summed E-state index contributed by atoms with van der Waals surface area (Å²) in [6, 6.07) is 15.0. The number of methoxy groups -OCH3 is 2. The summed E-state index contributed by atoms with van der Waals surface area (Å²) in [7, 11) is -0.588. The van der Waals surface area contributed by atoms with Gasteiger partial charge in [-0.3, -0.25) is 9.78 Å². The molecule has 0 unspecified atom stereocenters. The van der Waals surface area contributed by atoms with Gasteiger partial charge in [0, 0.05) is 25.5 Å². The van der Waals surface area contributed by atoms with E-state index in [1.807, 2.05) is 18.2 Å². The van der Waals surface area contributed by atoms with Crippen LogP contribution in [0.3, 0.4) is 0 Å². The van der Waals surface area contributed by atoms with Crippen molar-refractivity contribution in [2.75, 3.05) is 27.4 Å². The van der Waals surface area contributed by atoms with Gasteiger partial charge < -0.3 is 19.5 Å². The monoisotopic (exact) mass is 485 g/mol. The fraction of sp³-hybridized carbons (Fsp3) is 0.250. The molecule has 0 saturated heterocycles. The van der Waals surface area contributed by atoms with Crippen LogP contribution in [0.2, 0.25) is 0 Å². The highest BCUT2D eigenvalue weighted by molar-refractivity contribution is 7.89. The fourth-order valence-electron chi connectivity index (χ4n) is 3.07. The van der Waals surface area contributed by atoms with Crippen molar-refractivity contribution in [1.29, 1.82) is 0 Å². The Hall–Kier alpha value is -3.63. The number of rotatable bonds is 12. The van der Waals surface area contributed by atoms with Crippen molar-refractivity contribution < 1.29 is 27.4 Å². The summed E-state index contributed by atoms with van der Waals surface area (Å²) in [4.78, 5) is 16.0. The maximum atomic E-state index is 12.6. The third-order valence-corrected chi connectivity index (χ3v) is 6.35. The number of carbonyl (C=O) groups is 1. The lowest BCUT2D eigenvalue weighted by Gasteiger charge is -2.11. The van der Waals surface area contributed by atoms with E-state index >= 15 is 0 Å². The fourth-order valence-corrected chi connectivity index (χ4v) is 4.10. The highest BCUT2D eigenvalue weighted by Crippen LogP contribution is 2.27. The van der Waals surface area contributed by atoms with Crippen molar-refractivity contribution in [2.45, 2.75) is 17.9 Å². The molecule has 1 amide bonds. The smallest absolute Gasteiger partial charge is 0.258 e. The summed E-state index contributed by atoms with van der Waals surface area (Å²) >= 11 is 0. The van der Waals surface area contributed by atoms with Crippen LogP contribution in [0.25, 0.3) is 0 Å². The van der Waals surface area contributed by atoms with Crippen LogP contribution >= 0.6 is 0 Å². The third kappa shape index (κ3) is 7.19. The minimum atomic E-state index is -3.69. The Morgan fingerprint density at radius 3 is 2.41 bits per heavy atom. The first-order chi connectivity index (χ1) is 16.4. The van der Waals surface area contributed by atoms with Crippen molar-refractivity contribution in [3.63, 3.8) is 0 Å². The zero-order valence-electron chi connectivity index (χ0n) is 19.0. The lowest BCUT2D eigenvalue weighted by atomic mass is 10.1. The molecule has 180 valence electrons. The van der Waals surface area contributed by atoms with E-state index in [9.17, 15) is 13.2 Å². The van der Waals surface area contributed by atoms with E-state index < -0.39 is 10.0 Å². The average Bonchev–Trinajstić information content (AvgIpc) is 2.87. The van der Waals surface area contributed by atoms with Gasteiger partial charge in [-0.25, -0.2) is 13.1 Å². The minimum Gasteiger partial charge on any atom is -0.493 e. The second-order valence-electron chi connectivity index (χ2n) is 7.24. The number of hydrogen-bond donors (Lipinski definition) is 2. The number of pyridine rings is 1. The van der Waals surface area contributed by atoms with E-state index in [0.717, 1.165) is 11.1 Å². The molecule has 3 rings (SSSR count). The topological polar surface area (TPSA) is 116 Å². The number of hydrogen-bond acceptors (Lipinski definition) is 7. The average molecular weight is 486 g/mol. The highest BCUT2D eigenvalue weighted by Gasteiger charge is 2.14. The molecule has 0 radical (unpaired) electrons. The summed E-state index contributed by atoms with van der Waals surface area (Å²) in [5, 5.41) is 2.73. The molecule has 0 bridgehead atoms.